The lowest BCUT2D eigenvalue weighted by Crippen LogP contribution is -1.90. The van der Waals surface area contributed by atoms with Crippen molar-refractivity contribution in [2.24, 2.45) is 0 Å². The molecule has 9 rings (SSSR count). The molecule has 50 heavy (non-hydrogen) atoms. The number of nitrogens with zero attached hydrogens (tertiary/aromatic N) is 6. The molecule has 2 aliphatic rings. The minimum absolute atomic E-state index is 0.594. The lowest BCUT2D eigenvalue weighted by molar-refractivity contribution is 1.29. The molecule has 0 aliphatic carbocycles. The van der Waals surface area contributed by atoms with E-state index >= 15 is 0 Å². The second-order valence-corrected chi connectivity index (χ2v) is 11.9. The molecule has 0 saturated heterocycles. The second kappa shape index (κ2) is 12.1. The van der Waals surface area contributed by atoms with Crippen molar-refractivity contribution in [3.8, 4) is 50.6 Å². The van der Waals surface area contributed by atoms with E-state index < -0.39 is 0 Å². The number of aromatic nitrogens is 7. The van der Waals surface area contributed by atoms with Crippen molar-refractivity contribution in [1.82, 2.24) is 34.9 Å². The monoisotopic (exact) mass is 642 g/mol. The molecule has 8 heterocycles. The van der Waals surface area contributed by atoms with E-state index in [2.05, 4.69) is 79.6 Å². The predicted octanol–water partition coefficient (Wildman–Crippen LogP) is 9.38. The van der Waals surface area contributed by atoms with Crippen LogP contribution in [0.15, 0.2) is 122 Å². The normalized spacial score (nSPS) is 11.8. The van der Waals surface area contributed by atoms with Crippen LogP contribution in [-0.4, -0.2) is 34.9 Å². The summed E-state index contributed by atoms with van der Waals surface area (Å²) in [7, 11) is 0. The highest BCUT2D eigenvalue weighted by molar-refractivity contribution is 5.99. The Bertz CT molecular complexity index is 2640. The molecule has 0 saturated carbocycles. The molecule has 234 valence electrons. The summed E-state index contributed by atoms with van der Waals surface area (Å²) in [4.78, 5) is 30.9. The van der Waals surface area contributed by atoms with Gasteiger partial charge in [0, 0.05) is 81.5 Å². The van der Waals surface area contributed by atoms with Crippen LogP contribution in [0.5, 0.6) is 0 Å². The van der Waals surface area contributed by atoms with E-state index in [0.29, 0.717) is 5.56 Å². The van der Waals surface area contributed by atoms with Gasteiger partial charge in [-0.1, -0.05) is 12.1 Å². The van der Waals surface area contributed by atoms with Crippen LogP contribution in [0.3, 0.4) is 0 Å². The lowest BCUT2D eigenvalue weighted by atomic mass is 10.0. The van der Waals surface area contributed by atoms with Crippen molar-refractivity contribution in [1.29, 1.82) is 5.26 Å². The standard InChI is InChI=1S/C42H26N8/c43-25-26-1-3-27(4-2-26)39-31-5-7-33(47-31)40(28-13-19-44-20-14-28)35-9-11-37(49-35)42(30-17-23-46-24-18-30)38-12-10-36(50-38)41(29-15-21-45-22-16-29)34-8-6-32(39)48-34/h1-24,47,50H. The number of hydrogen-bond acceptors (Lipinski definition) is 6. The molecular weight excluding hydrogens is 617 g/mol. The zero-order valence-electron chi connectivity index (χ0n) is 26.5. The summed E-state index contributed by atoms with van der Waals surface area (Å²) >= 11 is 0. The van der Waals surface area contributed by atoms with Crippen molar-refractivity contribution >= 4 is 46.4 Å². The molecule has 0 radical (unpaired) electrons. The number of nitriles is 1. The molecule has 1 aromatic carbocycles. The smallest absolute Gasteiger partial charge is 0.0991 e. The minimum atomic E-state index is 0.594. The second-order valence-electron chi connectivity index (χ2n) is 11.9. The molecule has 8 nitrogen and oxygen atoms in total. The van der Waals surface area contributed by atoms with Crippen molar-refractivity contribution in [3.63, 3.8) is 0 Å². The first kappa shape index (κ1) is 28.9. The Kier molecular flexibility index (Phi) is 7.00. The Balaban J connectivity index is 1.47. The summed E-state index contributed by atoms with van der Waals surface area (Å²) in [5.74, 6) is 0. The van der Waals surface area contributed by atoms with E-state index in [4.69, 9.17) is 9.97 Å². The van der Waals surface area contributed by atoms with Crippen LogP contribution in [0.1, 0.15) is 28.3 Å². The van der Waals surface area contributed by atoms with E-state index in [9.17, 15) is 5.26 Å². The average Bonchev–Trinajstić information content (AvgIpc) is 4.01. The summed E-state index contributed by atoms with van der Waals surface area (Å²) < 4.78 is 0. The number of benzene rings is 1. The van der Waals surface area contributed by atoms with E-state index in [1.54, 1.807) is 37.2 Å². The molecule has 0 amide bonds. The Morgan fingerprint density at radius 1 is 0.380 bits per heavy atom. The molecule has 2 N–H and O–H groups in total. The number of H-pyrrole nitrogens is 2. The van der Waals surface area contributed by atoms with Gasteiger partial charge in [-0.2, -0.15) is 5.26 Å². The van der Waals surface area contributed by atoms with Gasteiger partial charge in [0.05, 0.1) is 34.4 Å². The molecule has 0 unspecified atom stereocenters. The van der Waals surface area contributed by atoms with Gasteiger partial charge in [0.25, 0.3) is 0 Å². The third-order valence-electron chi connectivity index (χ3n) is 8.96. The maximum absolute atomic E-state index is 9.53. The fourth-order valence-electron chi connectivity index (χ4n) is 6.69. The Morgan fingerprint density at radius 3 is 0.980 bits per heavy atom. The first-order valence-corrected chi connectivity index (χ1v) is 16.1. The van der Waals surface area contributed by atoms with Crippen LogP contribution in [0, 0.1) is 11.3 Å². The molecule has 6 aromatic heterocycles. The van der Waals surface area contributed by atoms with Gasteiger partial charge >= 0.3 is 0 Å². The summed E-state index contributed by atoms with van der Waals surface area (Å²) in [6.07, 6.45) is 19.0. The van der Waals surface area contributed by atoms with Crippen molar-refractivity contribution in [2.75, 3.05) is 0 Å². The average molecular weight is 643 g/mol. The van der Waals surface area contributed by atoms with Crippen LogP contribution in [0.4, 0.5) is 0 Å². The summed E-state index contributed by atoms with van der Waals surface area (Å²) in [6.45, 7) is 0. The van der Waals surface area contributed by atoms with Crippen molar-refractivity contribution < 1.29 is 0 Å². The molecule has 0 fully saturated rings. The third-order valence-corrected chi connectivity index (χ3v) is 8.96. The fraction of sp³-hybridized carbons (Fsp3) is 0. The van der Waals surface area contributed by atoms with Crippen LogP contribution < -0.4 is 0 Å². The topological polar surface area (TPSA) is 120 Å². The highest BCUT2D eigenvalue weighted by atomic mass is 14.8. The first-order chi connectivity index (χ1) is 24.7. The summed E-state index contributed by atoms with van der Waals surface area (Å²) in [6, 6.07) is 30.2. The van der Waals surface area contributed by atoms with Crippen molar-refractivity contribution in [2.45, 2.75) is 0 Å². The van der Waals surface area contributed by atoms with Gasteiger partial charge < -0.3 is 9.97 Å². The van der Waals surface area contributed by atoms with Gasteiger partial charge in [-0.25, -0.2) is 9.97 Å². The molecule has 0 atom stereocenters. The van der Waals surface area contributed by atoms with Gasteiger partial charge in [-0.05, 0) is 119 Å². The van der Waals surface area contributed by atoms with Gasteiger partial charge in [-0.3, -0.25) is 15.0 Å². The summed E-state index contributed by atoms with van der Waals surface area (Å²) in [5, 5.41) is 9.53. The number of nitrogens with one attached hydrogen (secondary N) is 2. The van der Waals surface area contributed by atoms with Crippen LogP contribution in [-0.2, 0) is 0 Å². The fourth-order valence-corrected chi connectivity index (χ4v) is 6.69. The maximum Gasteiger partial charge on any atom is 0.0991 e. The van der Waals surface area contributed by atoms with Crippen LogP contribution in [0.25, 0.3) is 90.9 Å². The minimum Gasteiger partial charge on any atom is -0.354 e. The predicted molar refractivity (Wildman–Crippen MR) is 199 cm³/mol. The molecule has 0 spiro atoms. The zero-order chi connectivity index (χ0) is 33.4. The van der Waals surface area contributed by atoms with Gasteiger partial charge in [-0.15, -0.1) is 0 Å². The van der Waals surface area contributed by atoms with E-state index in [0.717, 1.165) is 89.4 Å². The van der Waals surface area contributed by atoms with Gasteiger partial charge in [0.15, 0.2) is 0 Å². The quantitative estimate of drug-likeness (QED) is 0.197. The molecule has 2 aliphatic heterocycles. The molecular formula is C42H26N8. The molecule has 7 aromatic rings. The number of fused-ring (bicyclic) bond motifs is 8. The van der Waals surface area contributed by atoms with E-state index in [1.807, 2.05) is 60.7 Å². The Morgan fingerprint density at radius 2 is 0.680 bits per heavy atom. The molecule has 8 heteroatoms. The largest absolute Gasteiger partial charge is 0.354 e. The number of aromatic amines is 2. The van der Waals surface area contributed by atoms with E-state index in [-0.39, 0.29) is 0 Å². The third kappa shape index (κ3) is 5.07. The SMILES string of the molecule is N#Cc1ccc(-c2c3nc(c(-c4ccncc4)c4ccc([nH]4)c(-c4ccncc4)c4nc(c(-c5ccncc5)c5ccc2[nH]5)C=C4)C=C3)cc1. The lowest BCUT2D eigenvalue weighted by Gasteiger charge is -2.06. The van der Waals surface area contributed by atoms with Crippen LogP contribution in [0.2, 0.25) is 0 Å². The summed E-state index contributed by atoms with van der Waals surface area (Å²) in [5.41, 5.74) is 15.1. The highest BCUT2D eigenvalue weighted by Crippen LogP contribution is 2.38. The number of rotatable bonds is 4. The van der Waals surface area contributed by atoms with Crippen molar-refractivity contribution in [3.05, 3.63) is 150 Å². The van der Waals surface area contributed by atoms with E-state index in [1.165, 1.54) is 0 Å². The first-order valence-electron chi connectivity index (χ1n) is 16.1. The van der Waals surface area contributed by atoms with Gasteiger partial charge in [0.1, 0.15) is 0 Å². The maximum atomic E-state index is 9.53. The number of hydrogen-bond donors (Lipinski definition) is 2. The highest BCUT2D eigenvalue weighted by Gasteiger charge is 2.19. The molecule has 8 bridgehead atoms. The van der Waals surface area contributed by atoms with Crippen LogP contribution >= 0.6 is 0 Å². The Hall–Kier alpha value is -7.24. The number of pyridine rings is 3. The van der Waals surface area contributed by atoms with Gasteiger partial charge in [0.2, 0.25) is 0 Å². The zero-order valence-corrected chi connectivity index (χ0v) is 26.5. The Labute approximate surface area is 286 Å².